The van der Waals surface area contributed by atoms with E-state index in [1.807, 2.05) is 30.3 Å². The third kappa shape index (κ3) is 1.41. The van der Waals surface area contributed by atoms with Gasteiger partial charge in [-0.3, -0.25) is 0 Å². The highest BCUT2D eigenvalue weighted by Gasteiger charge is 2.55. The largest absolute Gasteiger partial charge is 0.478 e. The molecule has 1 atom stereocenters. The van der Waals surface area contributed by atoms with E-state index in [1.165, 1.54) is 0 Å². The van der Waals surface area contributed by atoms with Crippen molar-refractivity contribution in [2.45, 2.75) is 5.60 Å². The summed E-state index contributed by atoms with van der Waals surface area (Å²) in [4.78, 5) is 11.9. The van der Waals surface area contributed by atoms with Crippen LogP contribution in [0.15, 0.2) is 54.3 Å². The molecule has 5 rings (SSSR count). The molecule has 0 saturated carbocycles. The molecule has 1 saturated heterocycles. The van der Waals surface area contributed by atoms with Gasteiger partial charge in [0.2, 0.25) is 0 Å². The first-order chi connectivity index (χ1) is 11.2. The Bertz CT molecular complexity index is 1030. The number of fused-ring (bicyclic) bond motifs is 7. The highest BCUT2D eigenvalue weighted by Crippen LogP contribution is 2.49. The molecule has 23 heavy (non-hydrogen) atoms. The molecule has 4 nitrogen and oxygen atoms in total. The summed E-state index contributed by atoms with van der Waals surface area (Å²) in [5, 5.41) is 14.1. The molecule has 0 amide bonds. The van der Waals surface area contributed by atoms with Crippen LogP contribution in [0.2, 0.25) is 0 Å². The summed E-state index contributed by atoms with van der Waals surface area (Å²) in [6.07, 6.45) is 1.80. The molecule has 112 valence electrons. The van der Waals surface area contributed by atoms with Gasteiger partial charge >= 0.3 is 5.97 Å². The maximum Gasteiger partial charge on any atom is 0.348 e. The summed E-state index contributed by atoms with van der Waals surface area (Å²) in [6, 6.07) is 16.1. The number of rotatable bonds is 1. The number of benzene rings is 3. The Morgan fingerprint density at radius 3 is 2.70 bits per heavy atom. The molecule has 1 heterocycles. The van der Waals surface area contributed by atoms with Gasteiger partial charge in [0.1, 0.15) is 5.76 Å². The molecule has 2 aliphatic rings. The highest BCUT2D eigenvalue weighted by atomic mass is 16.7. The molecule has 0 bridgehead atoms. The van der Waals surface area contributed by atoms with Gasteiger partial charge in [0.15, 0.2) is 6.79 Å². The summed E-state index contributed by atoms with van der Waals surface area (Å²) in [5.41, 5.74) is 0.0143. The highest BCUT2D eigenvalue weighted by molar-refractivity contribution is 6.11. The number of aliphatic carboxylic acids is 1. The smallest absolute Gasteiger partial charge is 0.348 e. The van der Waals surface area contributed by atoms with E-state index in [-0.39, 0.29) is 6.79 Å². The van der Waals surface area contributed by atoms with Crippen molar-refractivity contribution in [1.82, 2.24) is 0 Å². The molecule has 3 aromatic carbocycles. The Balaban J connectivity index is 1.90. The van der Waals surface area contributed by atoms with Crippen LogP contribution in [-0.2, 0) is 19.9 Å². The lowest BCUT2D eigenvalue weighted by molar-refractivity contribution is -0.158. The molecule has 1 aliphatic heterocycles. The molecule has 1 N–H and O–H groups in total. The quantitative estimate of drug-likeness (QED) is 0.697. The van der Waals surface area contributed by atoms with E-state index in [1.54, 1.807) is 6.08 Å². The summed E-state index contributed by atoms with van der Waals surface area (Å²) in [5.74, 6) is -0.680. The maximum atomic E-state index is 11.9. The van der Waals surface area contributed by atoms with Crippen LogP contribution < -0.4 is 0 Å². The van der Waals surface area contributed by atoms with E-state index in [2.05, 4.69) is 18.2 Å². The number of hydrogen-bond acceptors (Lipinski definition) is 3. The zero-order chi connectivity index (χ0) is 15.6. The lowest BCUT2D eigenvalue weighted by Gasteiger charge is -2.20. The summed E-state index contributed by atoms with van der Waals surface area (Å²) in [6.45, 7) is -0.0344. The van der Waals surface area contributed by atoms with Gasteiger partial charge in [-0.15, -0.1) is 0 Å². The molecule has 0 radical (unpaired) electrons. The second-order valence-electron chi connectivity index (χ2n) is 5.81. The lowest BCUT2D eigenvalue weighted by Crippen LogP contribution is -2.35. The Morgan fingerprint density at radius 2 is 1.83 bits per heavy atom. The van der Waals surface area contributed by atoms with Gasteiger partial charge in [0.05, 0.1) is 0 Å². The molecule has 0 aromatic heterocycles. The van der Waals surface area contributed by atoms with Gasteiger partial charge in [-0.2, -0.15) is 0 Å². The number of carboxylic acid groups (broad SMARTS) is 1. The SMILES string of the molecule is O=C(O)C12OCOC1=Cc1c2ccc2c1ccc1ccccc12. The second kappa shape index (κ2) is 4.12. The van der Waals surface area contributed by atoms with Gasteiger partial charge in [-0.05, 0) is 33.2 Å². The van der Waals surface area contributed by atoms with Crippen LogP contribution in [0.5, 0.6) is 0 Å². The number of ether oxygens (including phenoxy) is 2. The van der Waals surface area contributed by atoms with Gasteiger partial charge in [0.25, 0.3) is 5.60 Å². The third-order valence-corrected chi connectivity index (χ3v) is 4.76. The van der Waals surface area contributed by atoms with Crippen molar-refractivity contribution in [2.75, 3.05) is 6.79 Å². The fraction of sp³-hybridized carbons (Fsp3) is 0.105. The van der Waals surface area contributed by atoms with Crippen molar-refractivity contribution in [3.05, 3.63) is 65.4 Å². The predicted molar refractivity (Wildman–Crippen MR) is 85.8 cm³/mol. The Labute approximate surface area is 131 Å². The number of carbonyl (C=O) groups is 1. The van der Waals surface area contributed by atoms with Crippen LogP contribution in [-0.4, -0.2) is 17.9 Å². The molecular formula is C19H12O4. The molecule has 4 heteroatoms. The molecule has 1 aliphatic carbocycles. The summed E-state index contributed by atoms with van der Waals surface area (Å²) >= 11 is 0. The zero-order valence-electron chi connectivity index (χ0n) is 12.1. The minimum Gasteiger partial charge on any atom is -0.478 e. The van der Waals surface area contributed by atoms with Crippen molar-refractivity contribution in [3.63, 3.8) is 0 Å². The molecule has 1 unspecified atom stereocenters. The zero-order valence-corrected chi connectivity index (χ0v) is 12.1. The molecular weight excluding hydrogens is 292 g/mol. The van der Waals surface area contributed by atoms with Crippen molar-refractivity contribution in [3.8, 4) is 0 Å². The van der Waals surface area contributed by atoms with E-state index in [4.69, 9.17) is 9.47 Å². The predicted octanol–water partition coefficient (Wildman–Crippen LogP) is 3.63. The van der Waals surface area contributed by atoms with Gasteiger partial charge in [-0.25, -0.2) is 4.79 Å². The first kappa shape index (κ1) is 12.7. The first-order valence-corrected chi connectivity index (χ1v) is 7.39. The molecule has 3 aromatic rings. The van der Waals surface area contributed by atoms with Crippen molar-refractivity contribution in [2.24, 2.45) is 0 Å². The van der Waals surface area contributed by atoms with Crippen LogP contribution in [0.25, 0.3) is 27.6 Å². The van der Waals surface area contributed by atoms with E-state index >= 15 is 0 Å². The van der Waals surface area contributed by atoms with Crippen molar-refractivity contribution in [1.29, 1.82) is 0 Å². The van der Waals surface area contributed by atoms with Crippen molar-refractivity contribution >= 4 is 33.6 Å². The summed E-state index contributed by atoms with van der Waals surface area (Å²) in [7, 11) is 0. The lowest BCUT2D eigenvalue weighted by atomic mass is 9.90. The average Bonchev–Trinajstić information content (AvgIpc) is 3.11. The fourth-order valence-electron chi connectivity index (χ4n) is 3.70. The topological polar surface area (TPSA) is 55.8 Å². The molecule has 1 fully saturated rings. The van der Waals surface area contributed by atoms with Gasteiger partial charge < -0.3 is 14.6 Å². The number of hydrogen-bond donors (Lipinski definition) is 1. The standard InChI is InChI=1S/C19H12O4/c20-18(21)19-16-8-7-13-12-4-2-1-3-11(12)5-6-14(13)15(16)9-17(19)22-10-23-19/h1-9H,10H2,(H,20,21). The van der Waals surface area contributed by atoms with E-state index in [0.717, 1.165) is 27.1 Å². The van der Waals surface area contributed by atoms with Gasteiger partial charge in [-0.1, -0.05) is 48.5 Å². The molecule has 0 spiro atoms. The normalized spacial score (nSPS) is 21.8. The maximum absolute atomic E-state index is 11.9. The first-order valence-electron chi connectivity index (χ1n) is 7.39. The Morgan fingerprint density at radius 1 is 1.00 bits per heavy atom. The van der Waals surface area contributed by atoms with Crippen LogP contribution in [0.4, 0.5) is 0 Å². The Hall–Kier alpha value is -2.85. The van der Waals surface area contributed by atoms with Gasteiger partial charge in [0, 0.05) is 5.56 Å². The van der Waals surface area contributed by atoms with E-state index in [0.29, 0.717) is 11.3 Å². The van der Waals surface area contributed by atoms with Crippen LogP contribution >= 0.6 is 0 Å². The van der Waals surface area contributed by atoms with E-state index < -0.39 is 11.6 Å². The average molecular weight is 304 g/mol. The Kier molecular flexibility index (Phi) is 2.27. The second-order valence-corrected chi connectivity index (χ2v) is 5.81. The third-order valence-electron chi connectivity index (χ3n) is 4.76. The monoisotopic (exact) mass is 304 g/mol. The van der Waals surface area contributed by atoms with Crippen LogP contribution in [0.1, 0.15) is 11.1 Å². The van der Waals surface area contributed by atoms with Crippen molar-refractivity contribution < 1.29 is 19.4 Å². The minimum atomic E-state index is -1.49. The summed E-state index contributed by atoms with van der Waals surface area (Å²) < 4.78 is 10.9. The van der Waals surface area contributed by atoms with E-state index in [9.17, 15) is 9.90 Å². The minimum absolute atomic E-state index is 0.0344. The van der Waals surface area contributed by atoms with Crippen LogP contribution in [0.3, 0.4) is 0 Å². The number of carboxylic acids is 1. The fourth-order valence-corrected chi connectivity index (χ4v) is 3.70. The van der Waals surface area contributed by atoms with Crippen LogP contribution in [0, 0.1) is 0 Å².